The maximum Gasteiger partial charge on any atom is 0.325 e. The van der Waals surface area contributed by atoms with Crippen LogP contribution in [0.15, 0.2) is 70.9 Å². The molecule has 8 nitrogen and oxygen atoms in total. The quantitative estimate of drug-likeness (QED) is 0.423. The zero-order valence-corrected chi connectivity index (χ0v) is 17.0. The van der Waals surface area contributed by atoms with Gasteiger partial charge in [0.05, 0.1) is 4.92 Å². The fourth-order valence-electron chi connectivity index (χ4n) is 3.40. The lowest BCUT2D eigenvalue weighted by molar-refractivity contribution is -0.384. The van der Waals surface area contributed by atoms with Crippen LogP contribution in [0.25, 0.3) is 10.4 Å². The van der Waals surface area contributed by atoms with E-state index < -0.39 is 32.4 Å². The minimum Gasteiger partial charge on any atom is -0.480 e. The molecule has 0 bridgehead atoms. The van der Waals surface area contributed by atoms with E-state index in [-0.39, 0.29) is 16.3 Å². The van der Waals surface area contributed by atoms with E-state index >= 15 is 0 Å². The molecule has 1 aliphatic carbocycles. The smallest absolute Gasteiger partial charge is 0.325 e. The van der Waals surface area contributed by atoms with E-state index in [2.05, 4.69) is 4.72 Å². The van der Waals surface area contributed by atoms with Crippen molar-refractivity contribution in [2.75, 3.05) is 0 Å². The van der Waals surface area contributed by atoms with Crippen molar-refractivity contribution < 1.29 is 23.2 Å². The molecule has 4 rings (SSSR count). The van der Waals surface area contributed by atoms with Crippen molar-refractivity contribution in [3.05, 3.63) is 82.4 Å². The highest BCUT2D eigenvalue weighted by Gasteiger charge is 2.63. The van der Waals surface area contributed by atoms with E-state index in [0.29, 0.717) is 10.4 Å². The molecule has 0 unspecified atom stereocenters. The van der Waals surface area contributed by atoms with Gasteiger partial charge in [-0.15, -0.1) is 11.3 Å². The second-order valence-electron chi connectivity index (χ2n) is 6.97. The van der Waals surface area contributed by atoms with Crippen LogP contribution < -0.4 is 4.72 Å². The Labute approximate surface area is 176 Å². The van der Waals surface area contributed by atoms with Gasteiger partial charge >= 0.3 is 5.97 Å². The summed E-state index contributed by atoms with van der Waals surface area (Å²) in [6.45, 7) is 0. The first-order valence-corrected chi connectivity index (χ1v) is 11.2. The number of benzene rings is 2. The van der Waals surface area contributed by atoms with Gasteiger partial charge < -0.3 is 5.11 Å². The van der Waals surface area contributed by atoms with Crippen LogP contribution in [0.5, 0.6) is 0 Å². The summed E-state index contributed by atoms with van der Waals surface area (Å²) in [5, 5.41) is 20.5. The van der Waals surface area contributed by atoms with Crippen molar-refractivity contribution in [3.8, 4) is 10.4 Å². The maximum absolute atomic E-state index is 12.9. The first kappa shape index (κ1) is 20.2. The van der Waals surface area contributed by atoms with Gasteiger partial charge in [0.1, 0.15) is 9.75 Å². The highest BCUT2D eigenvalue weighted by atomic mass is 32.2. The Morgan fingerprint density at radius 3 is 2.37 bits per heavy atom. The number of thiophene rings is 1. The topological polar surface area (TPSA) is 127 Å². The molecule has 30 heavy (non-hydrogen) atoms. The molecule has 1 aliphatic rings. The number of aliphatic carboxylic acids is 1. The van der Waals surface area contributed by atoms with Crippen molar-refractivity contribution in [3.63, 3.8) is 0 Å². The largest absolute Gasteiger partial charge is 0.480 e. The zero-order chi connectivity index (χ0) is 21.5. The number of nitro benzene ring substituents is 1. The molecule has 2 N–H and O–H groups in total. The molecule has 1 fully saturated rings. The number of nitrogens with one attached hydrogen (secondary N) is 1. The van der Waals surface area contributed by atoms with Gasteiger partial charge in [0, 0.05) is 22.9 Å². The van der Waals surface area contributed by atoms with Crippen LogP contribution in [0, 0.1) is 10.1 Å². The fourth-order valence-corrected chi connectivity index (χ4v) is 6.12. The highest BCUT2D eigenvalue weighted by Crippen LogP contribution is 2.52. The third kappa shape index (κ3) is 3.60. The van der Waals surface area contributed by atoms with Crippen molar-refractivity contribution in [1.82, 2.24) is 4.72 Å². The molecule has 0 saturated heterocycles. The van der Waals surface area contributed by atoms with Crippen LogP contribution in [-0.2, 0) is 14.8 Å². The van der Waals surface area contributed by atoms with E-state index in [9.17, 15) is 28.4 Å². The zero-order valence-electron chi connectivity index (χ0n) is 15.4. The molecule has 0 radical (unpaired) electrons. The second kappa shape index (κ2) is 7.31. The summed E-state index contributed by atoms with van der Waals surface area (Å²) >= 11 is 0.971. The number of carboxylic acid groups (broad SMARTS) is 1. The Morgan fingerprint density at radius 1 is 1.10 bits per heavy atom. The molecule has 0 amide bonds. The van der Waals surface area contributed by atoms with Gasteiger partial charge in [-0.05, 0) is 41.8 Å². The van der Waals surface area contributed by atoms with Crippen molar-refractivity contribution in [2.45, 2.75) is 22.1 Å². The van der Waals surface area contributed by atoms with Gasteiger partial charge in [-0.25, -0.2) is 8.42 Å². The van der Waals surface area contributed by atoms with Crippen LogP contribution in [0.2, 0.25) is 0 Å². The second-order valence-corrected chi connectivity index (χ2v) is 9.97. The third-order valence-corrected chi connectivity index (χ3v) is 8.21. The number of hydrogen-bond acceptors (Lipinski definition) is 6. The number of sulfonamides is 1. The van der Waals surface area contributed by atoms with Gasteiger partial charge in [0.2, 0.25) is 0 Å². The summed E-state index contributed by atoms with van der Waals surface area (Å²) in [5.41, 5.74) is -0.236. The average molecular weight is 444 g/mol. The van der Waals surface area contributed by atoms with Crippen LogP contribution in [-0.4, -0.2) is 30.0 Å². The number of nitro groups is 1. The van der Waals surface area contributed by atoms with Crippen molar-refractivity contribution in [1.29, 1.82) is 0 Å². The van der Waals surface area contributed by atoms with Crippen molar-refractivity contribution >= 4 is 33.0 Å². The van der Waals surface area contributed by atoms with E-state index in [0.717, 1.165) is 16.9 Å². The molecule has 0 spiro atoms. The van der Waals surface area contributed by atoms with Gasteiger partial charge in [0.15, 0.2) is 0 Å². The number of nitrogens with zero attached hydrogens (tertiary/aromatic N) is 1. The lowest BCUT2D eigenvalue weighted by Gasteiger charge is -2.14. The Morgan fingerprint density at radius 2 is 1.77 bits per heavy atom. The summed E-state index contributed by atoms with van der Waals surface area (Å²) in [6, 6.07) is 17.7. The fraction of sp³-hybridized carbons (Fsp3) is 0.150. The van der Waals surface area contributed by atoms with Crippen LogP contribution in [0.3, 0.4) is 0 Å². The molecular formula is C20H16N2O6S2. The lowest BCUT2D eigenvalue weighted by atomic mass is 10.1. The standard InChI is InChI=1S/C20H16N2O6S2/c23-19(24)20(12-16(20)13-4-2-1-3-5-13)21-30(27,28)18-11-10-17(29-18)14-6-8-15(9-7-14)22(25)26/h1-11,16,21H,12H2,(H,23,24)/t16-,20-/m0/s1. The Bertz CT molecular complexity index is 1220. The Balaban J connectivity index is 1.58. The molecule has 1 aromatic heterocycles. The normalized spacial score (nSPS) is 20.6. The van der Waals surface area contributed by atoms with Crippen LogP contribution in [0.4, 0.5) is 5.69 Å². The summed E-state index contributed by atoms with van der Waals surface area (Å²) in [4.78, 5) is 22.8. The predicted molar refractivity (Wildman–Crippen MR) is 111 cm³/mol. The summed E-state index contributed by atoms with van der Waals surface area (Å²) in [6.07, 6.45) is 0.173. The molecule has 154 valence electrons. The molecule has 1 heterocycles. The highest BCUT2D eigenvalue weighted by molar-refractivity contribution is 7.91. The number of carboxylic acids is 1. The average Bonchev–Trinajstić information content (AvgIpc) is 3.21. The van der Waals surface area contributed by atoms with E-state index in [1.54, 1.807) is 42.5 Å². The van der Waals surface area contributed by atoms with E-state index in [1.807, 2.05) is 6.07 Å². The summed E-state index contributed by atoms with van der Waals surface area (Å²) in [5.74, 6) is -1.66. The van der Waals surface area contributed by atoms with Crippen LogP contribution in [0.1, 0.15) is 17.9 Å². The van der Waals surface area contributed by atoms with E-state index in [4.69, 9.17) is 0 Å². The first-order chi connectivity index (χ1) is 14.2. The summed E-state index contributed by atoms with van der Waals surface area (Å²) in [7, 11) is -4.07. The van der Waals surface area contributed by atoms with Gasteiger partial charge in [-0.2, -0.15) is 4.72 Å². The predicted octanol–water partition coefficient (Wildman–Crippen LogP) is 3.61. The number of rotatable bonds is 7. The Hall–Kier alpha value is -3.08. The minimum absolute atomic E-state index is 0.0183. The molecular weight excluding hydrogens is 428 g/mol. The number of carbonyl (C=O) groups is 1. The first-order valence-electron chi connectivity index (χ1n) is 8.90. The maximum atomic E-state index is 12.9. The number of hydrogen-bond donors (Lipinski definition) is 2. The lowest BCUT2D eigenvalue weighted by Crippen LogP contribution is -2.44. The monoisotopic (exact) mass is 444 g/mol. The molecule has 1 saturated carbocycles. The molecule has 2 aromatic carbocycles. The van der Waals surface area contributed by atoms with Gasteiger partial charge in [-0.3, -0.25) is 14.9 Å². The SMILES string of the molecule is O=C(O)[C@]1(NS(=O)(=O)c2ccc(-c3ccc([N+](=O)[O-])cc3)s2)C[C@H]1c1ccccc1. The van der Waals surface area contributed by atoms with Crippen molar-refractivity contribution in [2.24, 2.45) is 0 Å². The van der Waals surface area contributed by atoms with Crippen LogP contribution >= 0.6 is 11.3 Å². The minimum atomic E-state index is -4.07. The van der Waals surface area contributed by atoms with E-state index in [1.165, 1.54) is 18.2 Å². The molecule has 0 aliphatic heterocycles. The molecule has 3 aromatic rings. The van der Waals surface area contributed by atoms with Gasteiger partial charge in [0.25, 0.3) is 15.7 Å². The Kier molecular flexibility index (Phi) is 4.92. The third-order valence-electron chi connectivity index (χ3n) is 5.07. The number of non-ortho nitro benzene ring substituents is 1. The summed E-state index contributed by atoms with van der Waals surface area (Å²) < 4.78 is 28.2. The molecule has 2 atom stereocenters. The van der Waals surface area contributed by atoms with Gasteiger partial charge in [-0.1, -0.05) is 30.3 Å². The molecule has 10 heteroatoms.